The molecular weight excluding hydrogens is 553 g/mol. The summed E-state index contributed by atoms with van der Waals surface area (Å²) in [5.41, 5.74) is 2.91. The van der Waals surface area contributed by atoms with Crippen LogP contribution in [0.4, 0.5) is 10.1 Å². The molecule has 194 valence electrons. The molecule has 9 heteroatoms. The Bertz CT molecular complexity index is 1450. The zero-order chi connectivity index (χ0) is 26.6. The summed E-state index contributed by atoms with van der Waals surface area (Å²) in [6, 6.07) is 16.9. The molecule has 1 amide bonds. The highest BCUT2D eigenvalue weighted by Crippen LogP contribution is 2.40. The van der Waals surface area contributed by atoms with Crippen LogP contribution in [-0.2, 0) is 9.53 Å². The van der Waals surface area contributed by atoms with Gasteiger partial charge < -0.3 is 19.1 Å². The Morgan fingerprint density at radius 1 is 1.05 bits per heavy atom. The summed E-state index contributed by atoms with van der Waals surface area (Å²) in [7, 11) is 1.53. The van der Waals surface area contributed by atoms with Gasteiger partial charge in [-0.05, 0) is 76.1 Å². The molecule has 0 spiro atoms. The summed E-state index contributed by atoms with van der Waals surface area (Å²) < 4.78 is 31.8. The van der Waals surface area contributed by atoms with Crippen LogP contribution in [0.15, 0.2) is 59.1 Å². The highest BCUT2D eigenvalue weighted by molar-refractivity contribution is 9.10. The molecule has 1 saturated heterocycles. The molecule has 3 aromatic rings. The van der Waals surface area contributed by atoms with Crippen LogP contribution in [0.3, 0.4) is 0 Å². The van der Waals surface area contributed by atoms with Crippen molar-refractivity contribution >= 4 is 39.2 Å². The van der Waals surface area contributed by atoms with Crippen LogP contribution in [-0.4, -0.2) is 57.3 Å². The van der Waals surface area contributed by atoms with E-state index in [1.807, 2.05) is 6.07 Å². The Balaban J connectivity index is 1.42. The zero-order valence-electron chi connectivity index (χ0n) is 20.7. The van der Waals surface area contributed by atoms with Gasteiger partial charge in [0.2, 0.25) is 0 Å². The first-order valence-electron chi connectivity index (χ1n) is 12.2. The Labute approximate surface area is 228 Å². The van der Waals surface area contributed by atoms with Crippen molar-refractivity contribution in [2.75, 3.05) is 51.4 Å². The number of morpholine rings is 1. The van der Waals surface area contributed by atoms with Gasteiger partial charge in [0.05, 0.1) is 42.1 Å². The number of rotatable bonds is 7. The Morgan fingerprint density at radius 3 is 2.58 bits per heavy atom. The molecule has 2 heterocycles. The predicted molar refractivity (Wildman–Crippen MR) is 146 cm³/mol. The number of amides is 1. The number of nitrogens with zero attached hydrogens (tertiary/aromatic N) is 3. The summed E-state index contributed by atoms with van der Waals surface area (Å²) >= 11 is 3.43. The first-order chi connectivity index (χ1) is 18.5. The lowest BCUT2D eigenvalue weighted by atomic mass is 10.0. The van der Waals surface area contributed by atoms with Gasteiger partial charge >= 0.3 is 0 Å². The van der Waals surface area contributed by atoms with Crippen LogP contribution in [0.5, 0.6) is 17.2 Å². The zero-order valence-corrected chi connectivity index (χ0v) is 22.3. The number of fused-ring (bicyclic) bond motifs is 1. The van der Waals surface area contributed by atoms with E-state index in [1.54, 1.807) is 47.4 Å². The van der Waals surface area contributed by atoms with Gasteiger partial charge in [0.15, 0.2) is 11.5 Å². The first kappa shape index (κ1) is 25.9. The fourth-order valence-electron chi connectivity index (χ4n) is 4.55. The third kappa shape index (κ3) is 5.43. The number of nitriles is 1. The maximum atomic E-state index is 14.2. The van der Waals surface area contributed by atoms with Crippen LogP contribution >= 0.6 is 15.9 Å². The molecule has 1 fully saturated rings. The van der Waals surface area contributed by atoms with E-state index in [2.05, 4.69) is 26.9 Å². The summed E-state index contributed by atoms with van der Waals surface area (Å²) in [4.78, 5) is 17.5. The first-order valence-corrected chi connectivity index (χ1v) is 13.0. The minimum atomic E-state index is -0.396. The molecule has 0 bridgehead atoms. The van der Waals surface area contributed by atoms with Crippen molar-refractivity contribution in [2.24, 2.45) is 0 Å². The normalized spacial score (nSPS) is 16.4. The van der Waals surface area contributed by atoms with Crippen molar-refractivity contribution < 1.29 is 23.4 Å². The fourth-order valence-corrected chi connectivity index (χ4v) is 5.01. The van der Waals surface area contributed by atoms with E-state index >= 15 is 0 Å². The minimum absolute atomic E-state index is 0.167. The number of methoxy groups -OCH3 is 1. The molecule has 3 aromatic carbocycles. The Kier molecular flexibility index (Phi) is 7.74. The molecule has 0 N–H and O–H groups in total. The summed E-state index contributed by atoms with van der Waals surface area (Å²) in [5, 5.41) is 9.08. The van der Waals surface area contributed by atoms with Crippen LogP contribution in [0.25, 0.3) is 11.6 Å². The van der Waals surface area contributed by atoms with E-state index in [0.717, 1.165) is 13.1 Å². The van der Waals surface area contributed by atoms with E-state index < -0.39 is 5.82 Å². The van der Waals surface area contributed by atoms with Gasteiger partial charge in [0, 0.05) is 37.3 Å². The lowest BCUT2D eigenvalue weighted by Crippen LogP contribution is -2.42. The SMILES string of the molecule is COc1cc(C=C2C(=O)N(CCN3CCOCC3)c3ccc(F)cc32)ccc1Oc1ccc(C#N)cc1Br. The number of ether oxygens (including phenoxy) is 3. The number of anilines is 1. The number of carbonyl (C=O) groups is 1. The van der Waals surface area contributed by atoms with Crippen molar-refractivity contribution in [1.82, 2.24) is 4.90 Å². The maximum Gasteiger partial charge on any atom is 0.259 e. The summed E-state index contributed by atoms with van der Waals surface area (Å²) in [6.07, 6.45) is 1.75. The maximum absolute atomic E-state index is 14.2. The van der Waals surface area contributed by atoms with E-state index in [-0.39, 0.29) is 5.91 Å². The monoisotopic (exact) mass is 577 g/mol. The molecule has 0 saturated carbocycles. The van der Waals surface area contributed by atoms with E-state index in [1.165, 1.54) is 19.2 Å². The van der Waals surface area contributed by atoms with Crippen molar-refractivity contribution in [3.63, 3.8) is 0 Å². The third-order valence-electron chi connectivity index (χ3n) is 6.54. The van der Waals surface area contributed by atoms with E-state index in [4.69, 9.17) is 19.5 Å². The van der Waals surface area contributed by atoms with Crippen LogP contribution < -0.4 is 14.4 Å². The standard InChI is InChI=1S/C29H25BrFN3O4/c1-36-28-16-19(2-7-27(28)38-26-6-3-20(18-32)15-24(26)30)14-23-22-17-21(31)4-5-25(22)34(29(23)35)9-8-33-10-12-37-13-11-33/h2-7,14-17H,8-13H2,1H3. The second kappa shape index (κ2) is 11.4. The van der Waals surface area contributed by atoms with Gasteiger partial charge in [-0.15, -0.1) is 0 Å². The smallest absolute Gasteiger partial charge is 0.259 e. The number of hydrogen-bond acceptors (Lipinski definition) is 6. The minimum Gasteiger partial charge on any atom is -0.493 e. The summed E-state index contributed by atoms with van der Waals surface area (Å²) in [6.45, 7) is 4.24. The second-order valence-electron chi connectivity index (χ2n) is 8.90. The highest BCUT2D eigenvalue weighted by atomic mass is 79.9. The second-order valence-corrected chi connectivity index (χ2v) is 9.75. The van der Waals surface area contributed by atoms with Crippen LogP contribution in [0.1, 0.15) is 16.7 Å². The number of hydrogen-bond donors (Lipinski definition) is 0. The number of halogens is 2. The quantitative estimate of drug-likeness (QED) is 0.346. The molecule has 7 nitrogen and oxygen atoms in total. The topological polar surface area (TPSA) is 75.0 Å². The largest absolute Gasteiger partial charge is 0.493 e. The highest BCUT2D eigenvalue weighted by Gasteiger charge is 2.33. The van der Waals surface area contributed by atoms with Crippen molar-refractivity contribution in [2.45, 2.75) is 0 Å². The third-order valence-corrected chi connectivity index (χ3v) is 7.16. The van der Waals surface area contributed by atoms with Gasteiger partial charge in [-0.3, -0.25) is 9.69 Å². The summed E-state index contributed by atoms with van der Waals surface area (Å²) in [5.74, 6) is 0.896. The molecule has 0 radical (unpaired) electrons. The molecule has 38 heavy (non-hydrogen) atoms. The van der Waals surface area contributed by atoms with Gasteiger partial charge in [-0.2, -0.15) is 5.26 Å². The van der Waals surface area contributed by atoms with Gasteiger partial charge in [-0.25, -0.2) is 4.39 Å². The fraction of sp³-hybridized carbons (Fsp3) is 0.241. The van der Waals surface area contributed by atoms with Crippen molar-refractivity contribution in [1.29, 1.82) is 5.26 Å². The number of carbonyl (C=O) groups excluding carboxylic acids is 1. The van der Waals surface area contributed by atoms with E-state index in [0.29, 0.717) is 76.0 Å². The van der Waals surface area contributed by atoms with Gasteiger partial charge in [-0.1, -0.05) is 6.07 Å². The molecule has 2 aliphatic heterocycles. The average Bonchev–Trinajstić information content (AvgIpc) is 3.19. The molecule has 0 unspecified atom stereocenters. The van der Waals surface area contributed by atoms with E-state index in [9.17, 15) is 9.18 Å². The molecule has 0 atom stereocenters. The number of benzene rings is 3. The van der Waals surface area contributed by atoms with Crippen molar-refractivity contribution in [3.05, 3.63) is 81.6 Å². The molecule has 0 aromatic heterocycles. The Hall–Kier alpha value is -3.71. The molecule has 0 aliphatic carbocycles. The van der Waals surface area contributed by atoms with Crippen LogP contribution in [0.2, 0.25) is 0 Å². The molecule has 2 aliphatic rings. The Morgan fingerprint density at radius 2 is 1.84 bits per heavy atom. The molecular formula is C29H25BrFN3O4. The lowest BCUT2D eigenvalue weighted by molar-refractivity contribution is -0.113. The lowest BCUT2D eigenvalue weighted by Gasteiger charge is -2.28. The van der Waals surface area contributed by atoms with Crippen LogP contribution in [0, 0.1) is 17.1 Å². The van der Waals surface area contributed by atoms with Gasteiger partial charge in [0.25, 0.3) is 5.91 Å². The van der Waals surface area contributed by atoms with Gasteiger partial charge in [0.1, 0.15) is 11.6 Å². The average molecular weight is 578 g/mol. The molecule has 5 rings (SSSR count). The van der Waals surface area contributed by atoms with Crippen molar-refractivity contribution in [3.8, 4) is 23.3 Å². The predicted octanol–water partition coefficient (Wildman–Crippen LogP) is 5.48.